The van der Waals surface area contributed by atoms with Gasteiger partial charge in [-0.2, -0.15) is 5.26 Å². The number of pyridine rings is 1. The molecule has 1 fully saturated rings. The van der Waals surface area contributed by atoms with Crippen molar-refractivity contribution in [1.29, 1.82) is 5.26 Å². The molecule has 2 aromatic carbocycles. The Kier molecular flexibility index (Phi) is 8.41. The van der Waals surface area contributed by atoms with Crippen LogP contribution in [0.4, 0.5) is 10.5 Å². The summed E-state index contributed by atoms with van der Waals surface area (Å²) in [4.78, 5) is 46.3. The number of nitrogens with one attached hydrogen (secondary N) is 1. The lowest BCUT2D eigenvalue weighted by Crippen LogP contribution is -2.48. The number of fused-ring (bicyclic) bond motifs is 1. The van der Waals surface area contributed by atoms with Gasteiger partial charge in [-0.1, -0.05) is 18.2 Å². The summed E-state index contributed by atoms with van der Waals surface area (Å²) in [5.41, 5.74) is 5.12. The van der Waals surface area contributed by atoms with E-state index in [1.807, 2.05) is 67.8 Å². The number of ether oxygens (including phenoxy) is 1. The Balaban J connectivity index is 1.37. The van der Waals surface area contributed by atoms with Gasteiger partial charge in [0.1, 0.15) is 11.2 Å². The lowest BCUT2D eigenvalue weighted by molar-refractivity contribution is -0.114. The van der Waals surface area contributed by atoms with Gasteiger partial charge < -0.3 is 19.9 Å². The van der Waals surface area contributed by atoms with Gasteiger partial charge in [-0.25, -0.2) is 9.78 Å². The first kappa shape index (κ1) is 30.3. The Morgan fingerprint density at radius 2 is 1.66 bits per heavy atom. The van der Waals surface area contributed by atoms with E-state index in [0.717, 1.165) is 28.0 Å². The van der Waals surface area contributed by atoms with Crippen LogP contribution in [0.1, 0.15) is 56.5 Å². The molecule has 2 aromatic heterocycles. The molecule has 1 saturated heterocycles. The van der Waals surface area contributed by atoms with Crippen LogP contribution in [0.3, 0.4) is 0 Å². The molecule has 0 radical (unpaired) electrons. The van der Waals surface area contributed by atoms with E-state index in [4.69, 9.17) is 10.00 Å². The SMILES string of the molecule is CC(=O)Nc1cc(-c2ccc3ncc(-c4ccc(C#N)cc4)n3c2)ccc1C(=O)N1CCC(N(C)C(=O)OC(C)(C)C)CC1. The van der Waals surface area contributed by atoms with Gasteiger partial charge in [-0.05, 0) is 81.1 Å². The van der Waals surface area contributed by atoms with E-state index in [0.29, 0.717) is 42.7 Å². The van der Waals surface area contributed by atoms with Crippen molar-refractivity contribution in [1.82, 2.24) is 19.2 Å². The van der Waals surface area contributed by atoms with Gasteiger partial charge in [0.2, 0.25) is 5.91 Å². The van der Waals surface area contributed by atoms with E-state index < -0.39 is 5.60 Å². The Labute approximate surface area is 256 Å². The third-order valence-corrected chi connectivity index (χ3v) is 7.69. The number of rotatable bonds is 5. The number of imidazole rings is 1. The van der Waals surface area contributed by atoms with Crippen LogP contribution in [0.5, 0.6) is 0 Å². The number of amides is 3. The molecule has 0 aliphatic carbocycles. The van der Waals surface area contributed by atoms with E-state index in [1.165, 1.54) is 6.92 Å². The Bertz CT molecular complexity index is 1760. The quantitative estimate of drug-likeness (QED) is 0.305. The first-order chi connectivity index (χ1) is 20.9. The van der Waals surface area contributed by atoms with Gasteiger partial charge in [0.15, 0.2) is 0 Å². The van der Waals surface area contributed by atoms with Gasteiger partial charge in [0.25, 0.3) is 5.91 Å². The molecule has 0 unspecified atom stereocenters. The first-order valence-corrected chi connectivity index (χ1v) is 14.6. The number of aromatic nitrogens is 2. The van der Waals surface area contributed by atoms with Crippen LogP contribution >= 0.6 is 0 Å². The predicted molar refractivity (Wildman–Crippen MR) is 168 cm³/mol. The second-order valence-corrected chi connectivity index (χ2v) is 12.0. The molecule has 226 valence electrons. The Morgan fingerprint density at radius 3 is 2.30 bits per heavy atom. The van der Waals surface area contributed by atoms with Crippen molar-refractivity contribution in [3.05, 3.63) is 78.1 Å². The van der Waals surface area contributed by atoms with Gasteiger partial charge >= 0.3 is 6.09 Å². The monoisotopic (exact) mass is 592 g/mol. The van der Waals surface area contributed by atoms with Crippen molar-refractivity contribution < 1.29 is 19.1 Å². The minimum atomic E-state index is -0.577. The summed E-state index contributed by atoms with van der Waals surface area (Å²) >= 11 is 0. The van der Waals surface area contributed by atoms with E-state index in [-0.39, 0.29) is 23.9 Å². The highest BCUT2D eigenvalue weighted by molar-refractivity contribution is 6.04. The van der Waals surface area contributed by atoms with Gasteiger partial charge in [0.05, 0.1) is 34.8 Å². The Hall–Kier alpha value is -5.17. The van der Waals surface area contributed by atoms with Crippen molar-refractivity contribution in [3.63, 3.8) is 0 Å². The summed E-state index contributed by atoms with van der Waals surface area (Å²) in [5, 5.41) is 12.0. The molecular formula is C34H36N6O4. The lowest BCUT2D eigenvalue weighted by Gasteiger charge is -2.37. The molecule has 1 aliphatic rings. The summed E-state index contributed by atoms with van der Waals surface area (Å²) in [7, 11) is 1.73. The molecule has 0 spiro atoms. The fraction of sp³-hybridized carbons (Fsp3) is 0.324. The molecule has 0 saturated carbocycles. The van der Waals surface area contributed by atoms with Crippen LogP contribution in [0, 0.1) is 11.3 Å². The number of likely N-dealkylation sites (tertiary alicyclic amines) is 1. The fourth-order valence-corrected chi connectivity index (χ4v) is 5.39. The van der Waals surface area contributed by atoms with Crippen LogP contribution in [0.15, 0.2) is 67.0 Å². The largest absolute Gasteiger partial charge is 0.444 e. The number of carbonyl (C=O) groups excluding carboxylic acids is 3. The molecule has 10 nitrogen and oxygen atoms in total. The number of carbonyl (C=O) groups is 3. The van der Waals surface area contributed by atoms with Crippen LogP contribution in [-0.4, -0.2) is 68.9 Å². The molecule has 10 heteroatoms. The summed E-state index contributed by atoms with van der Waals surface area (Å²) in [6.45, 7) is 7.88. The summed E-state index contributed by atoms with van der Waals surface area (Å²) in [6.07, 6.45) is 4.64. The topological polar surface area (TPSA) is 120 Å². The molecule has 0 bridgehead atoms. The highest BCUT2D eigenvalue weighted by atomic mass is 16.6. The second-order valence-electron chi connectivity index (χ2n) is 12.0. The number of hydrogen-bond donors (Lipinski definition) is 1. The van der Waals surface area contributed by atoms with Crippen molar-refractivity contribution >= 4 is 29.2 Å². The van der Waals surface area contributed by atoms with E-state index >= 15 is 0 Å². The maximum absolute atomic E-state index is 13.7. The molecular weight excluding hydrogens is 556 g/mol. The molecule has 3 heterocycles. The molecule has 44 heavy (non-hydrogen) atoms. The first-order valence-electron chi connectivity index (χ1n) is 14.6. The Morgan fingerprint density at radius 1 is 1.00 bits per heavy atom. The molecule has 1 aliphatic heterocycles. The summed E-state index contributed by atoms with van der Waals surface area (Å²) in [5.74, 6) is -0.450. The van der Waals surface area contributed by atoms with Crippen LogP contribution < -0.4 is 5.32 Å². The van der Waals surface area contributed by atoms with Gasteiger partial charge in [-0.15, -0.1) is 0 Å². The number of anilines is 1. The van der Waals surface area contributed by atoms with E-state index in [2.05, 4.69) is 16.4 Å². The zero-order chi connectivity index (χ0) is 31.6. The zero-order valence-corrected chi connectivity index (χ0v) is 25.6. The van der Waals surface area contributed by atoms with Crippen LogP contribution in [0.2, 0.25) is 0 Å². The maximum atomic E-state index is 13.7. The highest BCUT2D eigenvalue weighted by Crippen LogP contribution is 2.30. The lowest BCUT2D eigenvalue weighted by atomic mass is 10.00. The van der Waals surface area contributed by atoms with Gasteiger partial charge in [-0.3, -0.25) is 14.0 Å². The smallest absolute Gasteiger partial charge is 0.410 e. The molecule has 1 N–H and O–H groups in total. The number of hydrogen-bond acceptors (Lipinski definition) is 6. The fourth-order valence-electron chi connectivity index (χ4n) is 5.39. The van der Waals surface area contributed by atoms with E-state index in [9.17, 15) is 14.4 Å². The van der Waals surface area contributed by atoms with Crippen LogP contribution in [0.25, 0.3) is 28.0 Å². The van der Waals surface area contributed by atoms with Gasteiger partial charge in [0, 0.05) is 44.9 Å². The van der Waals surface area contributed by atoms with Crippen LogP contribution in [-0.2, 0) is 9.53 Å². The molecule has 5 rings (SSSR count). The third kappa shape index (κ3) is 6.57. The number of nitrogens with zero attached hydrogens (tertiary/aromatic N) is 5. The number of nitriles is 1. The van der Waals surface area contributed by atoms with E-state index in [1.54, 1.807) is 41.2 Å². The molecule has 4 aromatic rings. The van der Waals surface area contributed by atoms with Crippen molar-refractivity contribution in [2.45, 2.75) is 52.2 Å². The normalized spacial score (nSPS) is 13.8. The number of piperidine rings is 1. The standard InChI is InChI=1S/C34H36N6O4/c1-22(41)37-29-18-25(26-11-13-31-36-20-30(40(31)21-26)24-8-6-23(19-35)7-9-24)10-12-28(29)32(42)39-16-14-27(15-17-39)38(5)33(43)44-34(2,3)4/h6-13,18,20-21,27H,14-17H2,1-5H3,(H,37,41). The summed E-state index contributed by atoms with van der Waals surface area (Å²) in [6, 6.07) is 18.7. The second kappa shape index (κ2) is 12.2. The average Bonchev–Trinajstić information content (AvgIpc) is 3.42. The predicted octanol–water partition coefficient (Wildman–Crippen LogP) is 5.97. The molecule has 3 amide bonds. The number of benzene rings is 2. The van der Waals surface area contributed by atoms with Crippen molar-refractivity contribution in [2.24, 2.45) is 0 Å². The maximum Gasteiger partial charge on any atom is 0.410 e. The highest BCUT2D eigenvalue weighted by Gasteiger charge is 2.31. The minimum Gasteiger partial charge on any atom is -0.444 e. The third-order valence-electron chi connectivity index (χ3n) is 7.69. The average molecular weight is 593 g/mol. The van der Waals surface area contributed by atoms with Crippen molar-refractivity contribution in [3.8, 4) is 28.5 Å². The summed E-state index contributed by atoms with van der Waals surface area (Å²) < 4.78 is 7.48. The molecule has 0 atom stereocenters. The minimum absolute atomic E-state index is 0.0293. The zero-order valence-electron chi connectivity index (χ0n) is 25.6. The van der Waals surface area contributed by atoms with Crippen molar-refractivity contribution in [2.75, 3.05) is 25.5 Å².